The quantitative estimate of drug-likeness (QED) is 0.790. The van der Waals surface area contributed by atoms with Gasteiger partial charge in [0.05, 0.1) is 5.56 Å². The number of carbonyl (C=O) groups is 1. The van der Waals surface area contributed by atoms with Crippen LogP contribution in [0.25, 0.3) is 0 Å². The van der Waals surface area contributed by atoms with Gasteiger partial charge in [-0.15, -0.1) is 0 Å². The van der Waals surface area contributed by atoms with Crippen LogP contribution < -0.4 is 5.32 Å². The van der Waals surface area contributed by atoms with E-state index in [9.17, 15) is 26.7 Å². The standard InChI is InChI=1S/C18H21F5N2O/c19-17(20)5-9-25(10-6-17)16(26)13-1-2-15(18(21,22)23)14(11-13)12-3-7-24-8-4-12/h1-2,11-12,24H,3-10H2. The first-order chi connectivity index (χ1) is 12.2. The van der Waals surface area contributed by atoms with Crippen LogP contribution in [0.3, 0.4) is 0 Å². The monoisotopic (exact) mass is 376 g/mol. The number of hydrogen-bond acceptors (Lipinski definition) is 2. The second kappa shape index (κ2) is 7.13. The fourth-order valence-corrected chi connectivity index (χ4v) is 3.64. The second-order valence-corrected chi connectivity index (χ2v) is 6.97. The minimum absolute atomic E-state index is 0.0878. The van der Waals surface area contributed by atoms with Gasteiger partial charge >= 0.3 is 6.18 Å². The Bertz CT molecular complexity index is 658. The topological polar surface area (TPSA) is 32.3 Å². The average Bonchev–Trinajstić information content (AvgIpc) is 2.60. The number of benzene rings is 1. The maximum Gasteiger partial charge on any atom is 0.416 e. The molecule has 1 aromatic rings. The van der Waals surface area contributed by atoms with Crippen molar-refractivity contribution in [2.75, 3.05) is 26.2 Å². The van der Waals surface area contributed by atoms with Gasteiger partial charge in [0.25, 0.3) is 11.8 Å². The first-order valence-corrected chi connectivity index (χ1v) is 8.76. The molecular weight excluding hydrogens is 355 g/mol. The van der Waals surface area contributed by atoms with E-state index in [0.29, 0.717) is 25.9 Å². The zero-order valence-corrected chi connectivity index (χ0v) is 14.2. The highest BCUT2D eigenvalue weighted by molar-refractivity contribution is 5.94. The predicted octanol–water partition coefficient (Wildman–Crippen LogP) is 4.04. The lowest BCUT2D eigenvalue weighted by Gasteiger charge is -2.32. The Balaban J connectivity index is 1.87. The van der Waals surface area contributed by atoms with Gasteiger partial charge in [0.15, 0.2) is 0 Å². The van der Waals surface area contributed by atoms with Crippen LogP contribution in [-0.2, 0) is 6.18 Å². The van der Waals surface area contributed by atoms with Crippen molar-refractivity contribution in [1.82, 2.24) is 10.2 Å². The van der Waals surface area contributed by atoms with Gasteiger partial charge < -0.3 is 10.2 Å². The second-order valence-electron chi connectivity index (χ2n) is 6.97. The van der Waals surface area contributed by atoms with Crippen LogP contribution >= 0.6 is 0 Å². The number of likely N-dealkylation sites (tertiary alicyclic amines) is 1. The molecule has 0 bridgehead atoms. The van der Waals surface area contributed by atoms with Crippen molar-refractivity contribution in [2.24, 2.45) is 0 Å². The molecule has 2 heterocycles. The number of nitrogens with one attached hydrogen (secondary N) is 1. The molecule has 144 valence electrons. The first kappa shape index (κ1) is 19.1. The number of carbonyl (C=O) groups excluding carboxylic acids is 1. The van der Waals surface area contributed by atoms with Crippen LogP contribution in [0.1, 0.15) is 53.1 Å². The van der Waals surface area contributed by atoms with Crippen LogP contribution in [0.15, 0.2) is 18.2 Å². The largest absolute Gasteiger partial charge is 0.416 e. The molecule has 0 aliphatic carbocycles. The van der Waals surface area contributed by atoms with Gasteiger partial charge in [-0.05, 0) is 55.6 Å². The lowest BCUT2D eigenvalue weighted by molar-refractivity contribution is -0.138. The van der Waals surface area contributed by atoms with E-state index in [2.05, 4.69) is 5.32 Å². The molecule has 2 aliphatic rings. The molecule has 2 fully saturated rings. The fraction of sp³-hybridized carbons (Fsp3) is 0.611. The van der Waals surface area contributed by atoms with E-state index < -0.39 is 36.4 Å². The van der Waals surface area contributed by atoms with Gasteiger partial charge in [-0.2, -0.15) is 13.2 Å². The van der Waals surface area contributed by atoms with Crippen molar-refractivity contribution >= 4 is 5.91 Å². The molecule has 2 saturated heterocycles. The van der Waals surface area contributed by atoms with Crippen LogP contribution in [0, 0.1) is 0 Å². The molecule has 1 amide bonds. The molecule has 0 saturated carbocycles. The lowest BCUT2D eigenvalue weighted by atomic mass is 9.85. The molecule has 0 spiro atoms. The number of amides is 1. The molecule has 3 nitrogen and oxygen atoms in total. The van der Waals surface area contributed by atoms with E-state index in [1.165, 1.54) is 11.0 Å². The highest BCUT2D eigenvalue weighted by atomic mass is 19.4. The molecule has 0 unspecified atom stereocenters. The third-order valence-corrected chi connectivity index (χ3v) is 5.17. The molecule has 2 aliphatic heterocycles. The van der Waals surface area contributed by atoms with Gasteiger partial charge in [-0.1, -0.05) is 0 Å². The summed E-state index contributed by atoms with van der Waals surface area (Å²) in [5.74, 6) is -3.53. The zero-order valence-electron chi connectivity index (χ0n) is 14.2. The summed E-state index contributed by atoms with van der Waals surface area (Å²) in [6, 6.07) is 3.42. The Morgan fingerprint density at radius 2 is 1.73 bits per heavy atom. The summed E-state index contributed by atoms with van der Waals surface area (Å²) in [4.78, 5) is 13.9. The predicted molar refractivity (Wildman–Crippen MR) is 86.4 cm³/mol. The van der Waals surface area contributed by atoms with Crippen molar-refractivity contribution in [3.8, 4) is 0 Å². The Morgan fingerprint density at radius 1 is 1.12 bits per heavy atom. The van der Waals surface area contributed by atoms with E-state index in [1.54, 1.807) is 0 Å². The van der Waals surface area contributed by atoms with Crippen molar-refractivity contribution < 1.29 is 26.7 Å². The molecule has 3 rings (SSSR count). The number of piperidine rings is 2. The van der Waals surface area contributed by atoms with Gasteiger partial charge in [0.2, 0.25) is 0 Å². The number of rotatable bonds is 2. The van der Waals surface area contributed by atoms with Crippen molar-refractivity contribution in [3.05, 3.63) is 34.9 Å². The van der Waals surface area contributed by atoms with Crippen LogP contribution in [0.2, 0.25) is 0 Å². The molecule has 0 atom stereocenters. The van der Waals surface area contributed by atoms with Crippen molar-refractivity contribution in [3.63, 3.8) is 0 Å². The highest BCUT2D eigenvalue weighted by Crippen LogP contribution is 2.39. The average molecular weight is 376 g/mol. The zero-order chi connectivity index (χ0) is 18.9. The number of hydrogen-bond donors (Lipinski definition) is 1. The Kier molecular flexibility index (Phi) is 5.23. The van der Waals surface area contributed by atoms with Crippen molar-refractivity contribution in [1.29, 1.82) is 0 Å². The number of nitrogens with zero attached hydrogens (tertiary/aromatic N) is 1. The minimum atomic E-state index is -4.49. The summed E-state index contributed by atoms with van der Waals surface area (Å²) in [5, 5.41) is 3.11. The van der Waals surface area contributed by atoms with Gasteiger partial charge in [-0.3, -0.25) is 4.79 Å². The summed E-state index contributed by atoms with van der Waals surface area (Å²) in [6.07, 6.45) is -4.19. The summed E-state index contributed by atoms with van der Waals surface area (Å²) in [5.41, 5.74) is -0.449. The van der Waals surface area contributed by atoms with Gasteiger partial charge in [-0.25, -0.2) is 8.78 Å². The minimum Gasteiger partial charge on any atom is -0.338 e. The Labute approximate surface area is 148 Å². The third-order valence-electron chi connectivity index (χ3n) is 5.17. The molecule has 26 heavy (non-hydrogen) atoms. The van der Waals surface area contributed by atoms with Gasteiger partial charge in [0, 0.05) is 31.5 Å². The van der Waals surface area contributed by atoms with E-state index in [4.69, 9.17) is 0 Å². The first-order valence-electron chi connectivity index (χ1n) is 8.76. The molecule has 1 aromatic carbocycles. The van der Waals surface area contributed by atoms with Crippen LogP contribution in [-0.4, -0.2) is 42.9 Å². The highest BCUT2D eigenvalue weighted by Gasteiger charge is 2.38. The normalized spacial score (nSPS) is 21.7. The summed E-state index contributed by atoms with van der Waals surface area (Å²) < 4.78 is 66.7. The maximum atomic E-state index is 13.4. The lowest BCUT2D eigenvalue weighted by Crippen LogP contribution is -2.42. The molecule has 8 heteroatoms. The summed E-state index contributed by atoms with van der Waals surface area (Å²) in [6.45, 7) is 1.08. The Hall–Kier alpha value is -1.70. The molecular formula is C18H21F5N2O. The number of alkyl halides is 5. The van der Waals surface area contributed by atoms with Crippen LogP contribution in [0.5, 0.6) is 0 Å². The maximum absolute atomic E-state index is 13.4. The van der Waals surface area contributed by atoms with Crippen LogP contribution in [0.4, 0.5) is 22.0 Å². The van der Waals surface area contributed by atoms with Crippen molar-refractivity contribution in [2.45, 2.75) is 43.7 Å². The summed E-state index contributed by atoms with van der Waals surface area (Å²) >= 11 is 0. The smallest absolute Gasteiger partial charge is 0.338 e. The van der Waals surface area contributed by atoms with E-state index in [1.807, 2.05) is 0 Å². The third kappa shape index (κ3) is 4.16. The van der Waals surface area contributed by atoms with E-state index >= 15 is 0 Å². The SMILES string of the molecule is O=C(c1ccc(C(F)(F)F)c(C2CCNCC2)c1)N1CCC(F)(F)CC1. The fourth-order valence-electron chi connectivity index (χ4n) is 3.64. The number of halogens is 5. The Morgan fingerprint density at radius 3 is 2.31 bits per heavy atom. The van der Waals surface area contributed by atoms with E-state index in [0.717, 1.165) is 12.1 Å². The summed E-state index contributed by atoms with van der Waals surface area (Å²) in [7, 11) is 0. The molecule has 1 N–H and O–H groups in total. The molecule has 0 radical (unpaired) electrons. The molecule has 0 aromatic heterocycles. The van der Waals surface area contributed by atoms with Gasteiger partial charge in [0.1, 0.15) is 0 Å². The van der Waals surface area contributed by atoms with E-state index in [-0.39, 0.29) is 30.1 Å².